The first-order valence-corrected chi connectivity index (χ1v) is 11.2. The number of hydrogen-bond donors (Lipinski definition) is 1. The highest BCUT2D eigenvalue weighted by molar-refractivity contribution is 5.85. The van der Waals surface area contributed by atoms with Crippen LogP contribution in [-0.4, -0.2) is 41.8 Å². The van der Waals surface area contributed by atoms with Gasteiger partial charge in [0.15, 0.2) is 0 Å². The summed E-state index contributed by atoms with van der Waals surface area (Å²) in [7, 11) is 1.64. The average Bonchev–Trinajstić information content (AvgIpc) is 2.85. The third-order valence-corrected chi connectivity index (χ3v) is 6.40. The quantitative estimate of drug-likeness (QED) is 0.623. The Morgan fingerprint density at radius 2 is 1.85 bits per heavy atom. The van der Waals surface area contributed by atoms with Gasteiger partial charge in [0, 0.05) is 38.1 Å². The largest absolute Gasteiger partial charge is 0.359 e. The zero-order valence-electron chi connectivity index (χ0n) is 18.8. The second-order valence-corrected chi connectivity index (χ2v) is 8.67. The van der Waals surface area contributed by atoms with Gasteiger partial charge in [0.25, 0.3) is 0 Å². The van der Waals surface area contributed by atoms with Gasteiger partial charge in [-0.3, -0.25) is 14.6 Å². The molecule has 1 aliphatic rings. The van der Waals surface area contributed by atoms with Gasteiger partial charge in [-0.15, -0.1) is 0 Å². The van der Waals surface area contributed by atoms with Crippen molar-refractivity contribution < 1.29 is 14.0 Å². The highest BCUT2D eigenvalue weighted by atomic mass is 19.1. The van der Waals surface area contributed by atoms with Crippen molar-refractivity contribution in [1.82, 2.24) is 15.2 Å². The van der Waals surface area contributed by atoms with Crippen LogP contribution >= 0.6 is 0 Å². The lowest BCUT2D eigenvalue weighted by Gasteiger charge is -2.41. The number of pyridine rings is 1. The Morgan fingerprint density at radius 1 is 1.06 bits per heavy atom. The summed E-state index contributed by atoms with van der Waals surface area (Å²) >= 11 is 0. The fourth-order valence-corrected chi connectivity index (χ4v) is 4.70. The summed E-state index contributed by atoms with van der Waals surface area (Å²) in [6, 6.07) is 18.1. The minimum atomic E-state index is -0.697. The fourth-order valence-electron chi connectivity index (χ4n) is 4.70. The highest BCUT2D eigenvalue weighted by Crippen LogP contribution is 2.35. The van der Waals surface area contributed by atoms with Gasteiger partial charge in [-0.1, -0.05) is 48.5 Å². The molecular weight excluding hydrogens is 417 g/mol. The van der Waals surface area contributed by atoms with Crippen LogP contribution in [0.4, 0.5) is 4.39 Å². The molecule has 1 aromatic heterocycles. The molecule has 1 atom stereocenters. The average molecular weight is 446 g/mol. The molecular formula is C27H28FN3O2. The summed E-state index contributed by atoms with van der Waals surface area (Å²) in [5, 5.41) is 2.81. The van der Waals surface area contributed by atoms with Crippen LogP contribution in [0.25, 0.3) is 11.1 Å². The maximum atomic E-state index is 14.1. The number of carbonyl (C=O) groups excluding carboxylic acids is 2. The van der Waals surface area contributed by atoms with E-state index in [4.69, 9.17) is 0 Å². The zero-order valence-corrected chi connectivity index (χ0v) is 18.8. The lowest BCUT2D eigenvalue weighted by atomic mass is 9.74. The molecule has 170 valence electrons. The van der Waals surface area contributed by atoms with Crippen molar-refractivity contribution >= 4 is 11.8 Å². The minimum absolute atomic E-state index is 0.00544. The molecule has 0 unspecified atom stereocenters. The van der Waals surface area contributed by atoms with Gasteiger partial charge in [-0.05, 0) is 48.1 Å². The maximum absolute atomic E-state index is 14.1. The molecule has 5 nitrogen and oxygen atoms in total. The van der Waals surface area contributed by atoms with Crippen molar-refractivity contribution in [3.05, 3.63) is 90.0 Å². The third-order valence-electron chi connectivity index (χ3n) is 6.40. The van der Waals surface area contributed by atoms with Crippen LogP contribution < -0.4 is 5.32 Å². The first-order valence-electron chi connectivity index (χ1n) is 11.2. The van der Waals surface area contributed by atoms with E-state index >= 15 is 0 Å². The Balaban J connectivity index is 1.53. The Bertz CT molecular complexity index is 1120. The fraction of sp³-hybridized carbons (Fsp3) is 0.296. The van der Waals surface area contributed by atoms with Crippen LogP contribution in [0.3, 0.4) is 0 Å². The molecule has 2 aromatic carbocycles. The van der Waals surface area contributed by atoms with Gasteiger partial charge in [-0.2, -0.15) is 0 Å². The lowest BCUT2D eigenvalue weighted by Crippen LogP contribution is -2.54. The van der Waals surface area contributed by atoms with Crippen molar-refractivity contribution in [1.29, 1.82) is 0 Å². The maximum Gasteiger partial charge on any atom is 0.228 e. The molecule has 0 saturated carbocycles. The van der Waals surface area contributed by atoms with Gasteiger partial charge in [-0.25, -0.2) is 4.39 Å². The van der Waals surface area contributed by atoms with Gasteiger partial charge < -0.3 is 10.2 Å². The van der Waals surface area contributed by atoms with Crippen molar-refractivity contribution in [2.75, 3.05) is 20.1 Å². The SMILES string of the molecule is CNC(=O)[C@@]1(Cc2ccc(-c3ccccc3F)cc2)CCCN(C(=O)Cc2cccnc2)C1. The predicted molar refractivity (Wildman–Crippen MR) is 126 cm³/mol. The molecule has 1 N–H and O–H groups in total. The smallest absolute Gasteiger partial charge is 0.228 e. The summed E-state index contributed by atoms with van der Waals surface area (Å²) in [5.41, 5.74) is 2.50. The molecule has 2 amide bonds. The van der Waals surface area contributed by atoms with E-state index in [1.54, 1.807) is 36.5 Å². The van der Waals surface area contributed by atoms with E-state index in [9.17, 15) is 14.0 Å². The number of hydrogen-bond acceptors (Lipinski definition) is 3. The summed E-state index contributed by atoms with van der Waals surface area (Å²) in [4.78, 5) is 31.9. The Morgan fingerprint density at radius 3 is 2.55 bits per heavy atom. The van der Waals surface area contributed by atoms with Crippen LogP contribution in [0, 0.1) is 11.2 Å². The van der Waals surface area contributed by atoms with Crippen molar-refractivity contribution in [3.8, 4) is 11.1 Å². The standard InChI is InChI=1S/C27H28FN3O2/c1-29-26(33)27(13-5-15-31(19-27)25(32)16-21-6-4-14-30-18-21)17-20-9-11-22(12-10-20)23-7-2-3-8-24(23)28/h2-4,6-12,14,18H,5,13,15-17,19H2,1H3,(H,29,33)/t27-/m1/s1. The van der Waals surface area contributed by atoms with Gasteiger partial charge in [0.05, 0.1) is 11.8 Å². The van der Waals surface area contributed by atoms with E-state index in [-0.39, 0.29) is 24.1 Å². The summed E-state index contributed by atoms with van der Waals surface area (Å²) in [6.07, 6.45) is 5.64. The molecule has 4 rings (SSSR count). The van der Waals surface area contributed by atoms with Crippen LogP contribution in [0.1, 0.15) is 24.0 Å². The van der Waals surface area contributed by atoms with E-state index in [1.807, 2.05) is 42.5 Å². The van der Waals surface area contributed by atoms with E-state index in [0.29, 0.717) is 31.5 Å². The molecule has 0 radical (unpaired) electrons. The lowest BCUT2D eigenvalue weighted by molar-refractivity contribution is -0.141. The first-order chi connectivity index (χ1) is 16.0. The molecule has 1 saturated heterocycles. The number of nitrogens with one attached hydrogen (secondary N) is 1. The Kier molecular flexibility index (Phi) is 6.82. The molecule has 1 fully saturated rings. The first kappa shape index (κ1) is 22.6. The molecule has 2 heterocycles. The number of aromatic nitrogens is 1. The van der Waals surface area contributed by atoms with Crippen LogP contribution in [-0.2, 0) is 22.4 Å². The molecule has 0 spiro atoms. The molecule has 1 aliphatic heterocycles. The molecule has 33 heavy (non-hydrogen) atoms. The van der Waals surface area contributed by atoms with Crippen molar-refractivity contribution in [2.24, 2.45) is 5.41 Å². The number of halogens is 1. The van der Waals surface area contributed by atoms with E-state index < -0.39 is 5.41 Å². The summed E-state index contributed by atoms with van der Waals surface area (Å²) in [5.74, 6) is -0.312. The van der Waals surface area contributed by atoms with Gasteiger partial charge in [0.1, 0.15) is 5.82 Å². The number of rotatable bonds is 6. The Labute approximate surface area is 193 Å². The van der Waals surface area contributed by atoms with Crippen LogP contribution in [0.5, 0.6) is 0 Å². The molecule has 3 aromatic rings. The number of benzene rings is 2. The predicted octanol–water partition coefficient (Wildman–Crippen LogP) is 4.03. The second kappa shape index (κ2) is 9.94. The van der Waals surface area contributed by atoms with Gasteiger partial charge in [0.2, 0.25) is 11.8 Å². The van der Waals surface area contributed by atoms with E-state index in [2.05, 4.69) is 10.3 Å². The van der Waals surface area contributed by atoms with Gasteiger partial charge >= 0.3 is 0 Å². The minimum Gasteiger partial charge on any atom is -0.359 e. The third kappa shape index (κ3) is 5.11. The number of amides is 2. The molecule has 6 heteroatoms. The van der Waals surface area contributed by atoms with Crippen molar-refractivity contribution in [3.63, 3.8) is 0 Å². The van der Waals surface area contributed by atoms with Crippen LogP contribution in [0.2, 0.25) is 0 Å². The number of nitrogens with zero attached hydrogens (tertiary/aromatic N) is 2. The summed E-state index contributed by atoms with van der Waals surface area (Å²) < 4.78 is 14.1. The number of piperidine rings is 1. The molecule has 0 bridgehead atoms. The zero-order chi connectivity index (χ0) is 23.3. The Hall–Kier alpha value is -3.54. The number of likely N-dealkylation sites (tertiary alicyclic amines) is 1. The van der Waals surface area contributed by atoms with E-state index in [0.717, 1.165) is 23.1 Å². The van der Waals surface area contributed by atoms with E-state index in [1.165, 1.54) is 6.07 Å². The highest BCUT2D eigenvalue weighted by Gasteiger charge is 2.43. The van der Waals surface area contributed by atoms with Crippen molar-refractivity contribution in [2.45, 2.75) is 25.7 Å². The number of carbonyl (C=O) groups is 2. The molecule has 0 aliphatic carbocycles. The summed E-state index contributed by atoms with van der Waals surface area (Å²) in [6.45, 7) is 1.02. The monoisotopic (exact) mass is 445 g/mol. The normalized spacial score (nSPS) is 18.1. The second-order valence-electron chi connectivity index (χ2n) is 8.67. The van der Waals surface area contributed by atoms with Crippen LogP contribution in [0.15, 0.2) is 73.1 Å². The topological polar surface area (TPSA) is 62.3 Å².